The monoisotopic (exact) mass is 407 g/mol. The minimum Gasteiger partial charge on any atom is -0.341 e. The van der Waals surface area contributed by atoms with E-state index in [9.17, 15) is 24.5 Å². The quantitative estimate of drug-likeness (QED) is 0.431. The summed E-state index contributed by atoms with van der Waals surface area (Å²) in [6.07, 6.45) is 2.71. The van der Waals surface area contributed by atoms with Crippen LogP contribution in [0.1, 0.15) is 39.1 Å². The number of likely N-dealkylation sites (tertiary alicyclic amines) is 1. The van der Waals surface area contributed by atoms with Gasteiger partial charge in [-0.05, 0) is 36.8 Å². The van der Waals surface area contributed by atoms with Gasteiger partial charge in [-0.15, -0.1) is 0 Å². The molecule has 2 aromatic carbocycles. The molecule has 2 aliphatic heterocycles. The summed E-state index contributed by atoms with van der Waals surface area (Å²) in [5.41, 5.74) is 1.09. The van der Waals surface area contributed by atoms with E-state index in [0.29, 0.717) is 19.0 Å². The summed E-state index contributed by atoms with van der Waals surface area (Å²) >= 11 is 0. The second kappa shape index (κ2) is 8.06. The maximum atomic E-state index is 12.7. The van der Waals surface area contributed by atoms with E-state index in [1.807, 2.05) is 18.2 Å². The van der Waals surface area contributed by atoms with E-state index in [1.165, 1.54) is 17.7 Å². The predicted octanol–water partition coefficient (Wildman–Crippen LogP) is 2.67. The summed E-state index contributed by atoms with van der Waals surface area (Å²) in [6.45, 7) is 0.833. The predicted molar refractivity (Wildman–Crippen MR) is 108 cm³/mol. The molecular weight excluding hydrogens is 386 g/mol. The first-order valence-corrected chi connectivity index (χ1v) is 9.90. The number of carbonyl (C=O) groups is 3. The van der Waals surface area contributed by atoms with Crippen LogP contribution in [0.2, 0.25) is 0 Å². The number of imide groups is 1. The largest absolute Gasteiger partial charge is 0.341 e. The van der Waals surface area contributed by atoms with Gasteiger partial charge in [-0.3, -0.25) is 29.4 Å². The number of rotatable bonds is 5. The van der Waals surface area contributed by atoms with Gasteiger partial charge in [0.2, 0.25) is 5.91 Å². The van der Waals surface area contributed by atoms with E-state index in [2.05, 4.69) is 12.1 Å². The van der Waals surface area contributed by atoms with Crippen LogP contribution in [-0.2, 0) is 11.2 Å². The number of piperidine rings is 1. The first-order valence-electron chi connectivity index (χ1n) is 9.90. The van der Waals surface area contributed by atoms with Crippen LogP contribution in [0.3, 0.4) is 0 Å². The Bertz CT molecular complexity index is 1010. The van der Waals surface area contributed by atoms with Crippen LogP contribution in [0, 0.1) is 16.0 Å². The number of hydrogen-bond donors (Lipinski definition) is 0. The summed E-state index contributed by atoms with van der Waals surface area (Å²) in [7, 11) is 0. The number of fused-ring (bicyclic) bond motifs is 1. The molecule has 2 aliphatic rings. The van der Waals surface area contributed by atoms with Crippen molar-refractivity contribution in [3.05, 3.63) is 75.3 Å². The summed E-state index contributed by atoms with van der Waals surface area (Å²) in [5.74, 6) is -1.03. The molecule has 30 heavy (non-hydrogen) atoms. The lowest BCUT2D eigenvalue weighted by molar-refractivity contribution is -0.384. The normalized spacial score (nSPS) is 16.7. The topological polar surface area (TPSA) is 101 Å². The average Bonchev–Trinajstić information content (AvgIpc) is 2.99. The number of carbonyl (C=O) groups excluding carboxylic acids is 3. The zero-order chi connectivity index (χ0) is 21.3. The minimum absolute atomic E-state index is 0.0245. The summed E-state index contributed by atoms with van der Waals surface area (Å²) in [5, 5.41) is 10.9. The molecule has 0 aromatic heterocycles. The highest BCUT2D eigenvalue weighted by Crippen LogP contribution is 2.27. The molecule has 0 bridgehead atoms. The lowest BCUT2D eigenvalue weighted by atomic mass is 9.90. The first-order chi connectivity index (χ1) is 14.4. The van der Waals surface area contributed by atoms with Gasteiger partial charge in [0.05, 0.1) is 16.1 Å². The fraction of sp³-hybridized carbons (Fsp3) is 0.318. The van der Waals surface area contributed by atoms with Gasteiger partial charge in [0.25, 0.3) is 17.5 Å². The van der Waals surface area contributed by atoms with Gasteiger partial charge in [0, 0.05) is 25.2 Å². The maximum Gasteiger partial charge on any atom is 0.270 e. The van der Waals surface area contributed by atoms with Crippen LogP contribution < -0.4 is 0 Å². The van der Waals surface area contributed by atoms with Crippen molar-refractivity contribution in [1.82, 2.24) is 9.80 Å². The van der Waals surface area contributed by atoms with Crippen LogP contribution >= 0.6 is 0 Å². The van der Waals surface area contributed by atoms with Crippen molar-refractivity contribution in [2.24, 2.45) is 5.92 Å². The van der Waals surface area contributed by atoms with Gasteiger partial charge in [0.15, 0.2) is 0 Å². The molecule has 0 N–H and O–H groups in total. The van der Waals surface area contributed by atoms with E-state index in [1.54, 1.807) is 4.90 Å². The summed E-state index contributed by atoms with van der Waals surface area (Å²) in [6, 6.07) is 13.8. The Morgan fingerprint density at radius 2 is 1.67 bits per heavy atom. The lowest BCUT2D eigenvalue weighted by Gasteiger charge is -2.33. The smallest absolute Gasteiger partial charge is 0.270 e. The SMILES string of the molecule is O=C(CN1C(=O)c2ccc([N+](=O)[O-])cc2C1=O)N1CCC(Cc2ccccc2)CC1. The fourth-order valence-corrected chi connectivity index (χ4v) is 4.11. The Hall–Kier alpha value is -3.55. The lowest BCUT2D eigenvalue weighted by Crippen LogP contribution is -2.45. The Balaban J connectivity index is 1.36. The third-order valence-electron chi connectivity index (χ3n) is 5.79. The molecule has 4 rings (SSSR count). The molecule has 2 heterocycles. The molecule has 8 heteroatoms. The fourth-order valence-electron chi connectivity index (χ4n) is 4.11. The average molecular weight is 407 g/mol. The second-order valence-corrected chi connectivity index (χ2v) is 7.70. The van der Waals surface area contributed by atoms with Crippen molar-refractivity contribution in [3.8, 4) is 0 Å². The van der Waals surface area contributed by atoms with Gasteiger partial charge in [-0.25, -0.2) is 0 Å². The van der Waals surface area contributed by atoms with Crippen molar-refractivity contribution in [2.45, 2.75) is 19.3 Å². The molecular formula is C22H21N3O5. The van der Waals surface area contributed by atoms with Crippen LogP contribution in [0.4, 0.5) is 5.69 Å². The molecule has 2 aromatic rings. The molecule has 8 nitrogen and oxygen atoms in total. The standard InChI is InChI=1S/C22H21N3O5/c26-20(23-10-8-16(9-11-23)12-15-4-2-1-3-5-15)14-24-21(27)18-7-6-17(25(29)30)13-19(18)22(24)28/h1-7,13,16H,8-12,14H2. The van der Waals surface area contributed by atoms with Gasteiger partial charge in [-0.2, -0.15) is 0 Å². The number of nitrogens with zero attached hydrogens (tertiary/aromatic N) is 3. The van der Waals surface area contributed by atoms with Gasteiger partial charge < -0.3 is 4.90 Å². The van der Waals surface area contributed by atoms with Crippen molar-refractivity contribution in [1.29, 1.82) is 0 Å². The summed E-state index contributed by atoms with van der Waals surface area (Å²) < 4.78 is 0. The number of hydrogen-bond acceptors (Lipinski definition) is 5. The number of non-ortho nitro benzene ring substituents is 1. The molecule has 154 valence electrons. The van der Waals surface area contributed by atoms with E-state index in [4.69, 9.17) is 0 Å². The van der Waals surface area contributed by atoms with Crippen LogP contribution in [0.25, 0.3) is 0 Å². The number of amides is 3. The van der Waals surface area contributed by atoms with E-state index in [0.717, 1.165) is 30.2 Å². The third-order valence-corrected chi connectivity index (χ3v) is 5.79. The molecule has 3 amide bonds. The minimum atomic E-state index is -0.661. The number of benzene rings is 2. The zero-order valence-electron chi connectivity index (χ0n) is 16.3. The molecule has 0 radical (unpaired) electrons. The van der Waals surface area contributed by atoms with E-state index >= 15 is 0 Å². The van der Waals surface area contributed by atoms with Crippen molar-refractivity contribution in [3.63, 3.8) is 0 Å². The van der Waals surface area contributed by atoms with Gasteiger partial charge >= 0.3 is 0 Å². The van der Waals surface area contributed by atoms with E-state index in [-0.39, 0.29) is 29.3 Å². The summed E-state index contributed by atoms with van der Waals surface area (Å²) in [4.78, 5) is 50.7. The molecule has 0 unspecified atom stereocenters. The van der Waals surface area contributed by atoms with E-state index < -0.39 is 16.7 Å². The highest BCUT2D eigenvalue weighted by atomic mass is 16.6. The molecule has 1 fully saturated rings. The Kier molecular flexibility index (Phi) is 5.31. The second-order valence-electron chi connectivity index (χ2n) is 7.70. The van der Waals surface area contributed by atoms with Crippen LogP contribution in [0.5, 0.6) is 0 Å². The van der Waals surface area contributed by atoms with Crippen molar-refractivity contribution < 1.29 is 19.3 Å². The van der Waals surface area contributed by atoms with Crippen molar-refractivity contribution in [2.75, 3.05) is 19.6 Å². The van der Waals surface area contributed by atoms with Crippen LogP contribution in [0.15, 0.2) is 48.5 Å². The highest BCUT2D eigenvalue weighted by Gasteiger charge is 2.38. The molecule has 0 atom stereocenters. The highest BCUT2D eigenvalue weighted by molar-refractivity contribution is 6.22. The third kappa shape index (κ3) is 3.80. The molecule has 1 saturated heterocycles. The molecule has 0 aliphatic carbocycles. The molecule has 0 saturated carbocycles. The maximum absolute atomic E-state index is 12.7. The number of nitro groups is 1. The van der Waals surface area contributed by atoms with Gasteiger partial charge in [-0.1, -0.05) is 30.3 Å². The first kappa shape index (κ1) is 19.8. The zero-order valence-corrected chi connectivity index (χ0v) is 16.3. The Morgan fingerprint density at radius 1 is 1.00 bits per heavy atom. The number of nitro benzene ring substituents is 1. The Labute approximate surface area is 173 Å². The Morgan fingerprint density at radius 3 is 2.33 bits per heavy atom. The molecule has 0 spiro atoms. The van der Waals surface area contributed by atoms with Gasteiger partial charge in [0.1, 0.15) is 6.54 Å². The van der Waals surface area contributed by atoms with Crippen molar-refractivity contribution >= 4 is 23.4 Å². The van der Waals surface area contributed by atoms with Crippen LogP contribution in [-0.4, -0.2) is 52.1 Å².